The maximum Gasteiger partial charge on any atom is 0.206 e. The van der Waals surface area contributed by atoms with Crippen LogP contribution in [0.2, 0.25) is 0 Å². The normalized spacial score (nSPS) is 10.7. The summed E-state index contributed by atoms with van der Waals surface area (Å²) in [5.41, 5.74) is 25.3. The van der Waals surface area contributed by atoms with E-state index < -0.39 is 9.84 Å². The Morgan fingerprint density at radius 2 is 0.566 bits per heavy atom. The lowest BCUT2D eigenvalue weighted by molar-refractivity contribution is 0.469. The summed E-state index contributed by atoms with van der Waals surface area (Å²) in [5, 5.41) is 0. The van der Waals surface area contributed by atoms with E-state index in [1.54, 1.807) is 91.0 Å². The Morgan fingerprint density at radius 1 is 0.302 bits per heavy atom. The van der Waals surface area contributed by atoms with E-state index in [-0.39, 0.29) is 9.79 Å². The Balaban J connectivity index is 0.000000192. The van der Waals surface area contributed by atoms with Gasteiger partial charge in [0.15, 0.2) is 0 Å². The zero-order chi connectivity index (χ0) is 37.2. The molecule has 0 bridgehead atoms. The highest BCUT2D eigenvalue weighted by Gasteiger charge is 2.18. The van der Waals surface area contributed by atoms with Crippen LogP contribution in [0.4, 0.5) is 22.7 Å². The van der Waals surface area contributed by atoms with Crippen molar-refractivity contribution >= 4 is 32.6 Å². The van der Waals surface area contributed by atoms with Gasteiger partial charge in [0, 0.05) is 28.8 Å². The number of nitrogen functional groups attached to an aromatic ring is 4. The van der Waals surface area contributed by atoms with Gasteiger partial charge in [-0.05, 0) is 158 Å². The standard InChI is InChI=1S/C24H20N2O4S.C18H16N2O2/c25-17-1-5-19(6-2-17)29-21-9-13-23(14-10-21)31(27,28)24-15-11-22(12-16-24)30-20-7-3-18(26)4-8-20;19-13-4-6-15(7-5-13)21-16-8-10-17(11-9-16)22-18-3-1-2-14(20)12-18/h1-16H,25-26H2;1-12H,19-20H2. The molecule has 0 radical (unpaired) electrons. The van der Waals surface area contributed by atoms with E-state index in [1.807, 2.05) is 54.6 Å². The first-order valence-electron chi connectivity index (χ1n) is 16.3. The van der Waals surface area contributed by atoms with E-state index in [1.165, 1.54) is 24.3 Å². The fourth-order valence-corrected chi connectivity index (χ4v) is 6.08. The van der Waals surface area contributed by atoms with Gasteiger partial charge in [-0.1, -0.05) is 6.07 Å². The van der Waals surface area contributed by atoms with Crippen LogP contribution in [0.3, 0.4) is 0 Å². The van der Waals surface area contributed by atoms with Gasteiger partial charge in [-0.3, -0.25) is 0 Å². The molecule has 0 spiro atoms. The van der Waals surface area contributed by atoms with Crippen LogP contribution in [0.25, 0.3) is 0 Å². The number of nitrogens with two attached hydrogens (primary N) is 4. The topological polar surface area (TPSA) is 175 Å². The molecule has 0 aliphatic rings. The second kappa shape index (κ2) is 16.3. The van der Waals surface area contributed by atoms with Crippen molar-refractivity contribution in [2.75, 3.05) is 22.9 Å². The summed E-state index contributed by atoms with van der Waals surface area (Å²) >= 11 is 0. The summed E-state index contributed by atoms with van der Waals surface area (Å²) in [6.07, 6.45) is 0. The van der Waals surface area contributed by atoms with Crippen molar-refractivity contribution in [1.82, 2.24) is 0 Å². The Kier molecular flexibility index (Phi) is 11.0. The van der Waals surface area contributed by atoms with Gasteiger partial charge in [-0.15, -0.1) is 0 Å². The number of sulfone groups is 1. The van der Waals surface area contributed by atoms with Gasteiger partial charge in [-0.2, -0.15) is 0 Å². The SMILES string of the molecule is Nc1ccc(Oc2ccc(Oc3cccc(N)c3)cc2)cc1.Nc1ccc(Oc2ccc(S(=O)(=O)c3ccc(Oc4ccc(N)cc4)cc3)cc2)cc1. The van der Waals surface area contributed by atoms with Crippen molar-refractivity contribution in [3.8, 4) is 46.0 Å². The van der Waals surface area contributed by atoms with Gasteiger partial charge in [0.05, 0.1) is 9.79 Å². The van der Waals surface area contributed by atoms with E-state index in [9.17, 15) is 8.42 Å². The zero-order valence-electron chi connectivity index (χ0n) is 28.3. The van der Waals surface area contributed by atoms with Crippen molar-refractivity contribution in [2.24, 2.45) is 0 Å². The second-order valence-corrected chi connectivity index (χ2v) is 13.6. The van der Waals surface area contributed by atoms with Crippen LogP contribution in [-0.2, 0) is 9.84 Å². The zero-order valence-corrected chi connectivity index (χ0v) is 29.1. The minimum Gasteiger partial charge on any atom is -0.457 e. The summed E-state index contributed by atoms with van der Waals surface area (Å²) in [5.74, 6) is 5.15. The lowest BCUT2D eigenvalue weighted by Crippen LogP contribution is -2.01. The number of hydrogen-bond acceptors (Lipinski definition) is 10. The molecule has 7 aromatic carbocycles. The minimum atomic E-state index is -3.67. The predicted octanol–water partition coefficient (Wildman–Crippen LogP) is 9.70. The maximum atomic E-state index is 12.9. The van der Waals surface area contributed by atoms with Gasteiger partial charge in [0.25, 0.3) is 0 Å². The van der Waals surface area contributed by atoms with Gasteiger partial charge < -0.3 is 41.9 Å². The molecule has 0 saturated carbocycles. The molecular weight excluding hydrogens is 689 g/mol. The number of hydrogen-bond donors (Lipinski definition) is 4. The van der Waals surface area contributed by atoms with Gasteiger partial charge in [0.2, 0.25) is 9.84 Å². The quantitative estimate of drug-likeness (QED) is 0.0994. The third-order valence-corrected chi connectivity index (χ3v) is 9.32. The molecule has 0 unspecified atom stereocenters. The maximum absolute atomic E-state index is 12.9. The Bertz CT molecular complexity index is 2260. The average molecular weight is 725 g/mol. The van der Waals surface area contributed by atoms with Crippen molar-refractivity contribution in [2.45, 2.75) is 9.79 Å². The lowest BCUT2D eigenvalue weighted by atomic mass is 10.3. The van der Waals surface area contributed by atoms with E-state index in [2.05, 4.69) is 0 Å². The smallest absolute Gasteiger partial charge is 0.206 e. The number of rotatable bonds is 10. The van der Waals surface area contributed by atoms with E-state index in [0.717, 1.165) is 17.2 Å². The highest BCUT2D eigenvalue weighted by atomic mass is 32.2. The second-order valence-electron chi connectivity index (χ2n) is 11.6. The highest BCUT2D eigenvalue weighted by Crippen LogP contribution is 2.30. The summed E-state index contributed by atoms with van der Waals surface area (Å²) in [6, 6.07) is 48.3. The van der Waals surface area contributed by atoms with Gasteiger partial charge in [0.1, 0.15) is 46.0 Å². The van der Waals surface area contributed by atoms with Crippen molar-refractivity contribution in [3.05, 3.63) is 170 Å². The largest absolute Gasteiger partial charge is 0.457 e. The summed E-state index contributed by atoms with van der Waals surface area (Å²) in [4.78, 5) is 0.341. The number of ether oxygens (including phenoxy) is 4. The molecule has 0 saturated heterocycles. The van der Waals surface area contributed by atoms with Crippen LogP contribution in [0.1, 0.15) is 0 Å². The molecule has 7 aromatic rings. The molecule has 0 aliphatic carbocycles. The van der Waals surface area contributed by atoms with Crippen molar-refractivity contribution < 1.29 is 27.4 Å². The summed E-state index contributed by atoms with van der Waals surface area (Å²) in [6.45, 7) is 0. The monoisotopic (exact) mass is 724 g/mol. The van der Waals surface area contributed by atoms with Crippen molar-refractivity contribution in [3.63, 3.8) is 0 Å². The van der Waals surface area contributed by atoms with Crippen molar-refractivity contribution in [1.29, 1.82) is 0 Å². The van der Waals surface area contributed by atoms with E-state index >= 15 is 0 Å². The summed E-state index contributed by atoms with van der Waals surface area (Å²) in [7, 11) is -3.67. The van der Waals surface area contributed by atoms with E-state index in [4.69, 9.17) is 41.9 Å². The molecule has 266 valence electrons. The first-order valence-corrected chi connectivity index (χ1v) is 17.8. The molecule has 8 N–H and O–H groups in total. The van der Waals surface area contributed by atoms with Crippen LogP contribution >= 0.6 is 0 Å². The fourth-order valence-electron chi connectivity index (χ4n) is 4.82. The van der Waals surface area contributed by atoms with Crippen LogP contribution in [0, 0.1) is 0 Å². The molecule has 0 aliphatic heterocycles. The first kappa shape index (κ1) is 35.7. The van der Waals surface area contributed by atoms with Gasteiger partial charge >= 0.3 is 0 Å². The lowest BCUT2D eigenvalue weighted by Gasteiger charge is -2.09. The molecule has 0 amide bonds. The first-order chi connectivity index (χ1) is 25.6. The number of benzene rings is 7. The third-order valence-electron chi connectivity index (χ3n) is 7.53. The van der Waals surface area contributed by atoms with Crippen LogP contribution < -0.4 is 41.9 Å². The third kappa shape index (κ3) is 10.00. The fraction of sp³-hybridized carbons (Fsp3) is 0. The molecular formula is C42H36N4O6S. The molecule has 0 heterocycles. The Morgan fingerprint density at radius 3 is 0.868 bits per heavy atom. The molecule has 53 heavy (non-hydrogen) atoms. The van der Waals surface area contributed by atoms with Crippen LogP contribution in [0.5, 0.6) is 46.0 Å². The van der Waals surface area contributed by atoms with Crippen LogP contribution in [0.15, 0.2) is 180 Å². The molecule has 0 fully saturated rings. The van der Waals surface area contributed by atoms with E-state index in [0.29, 0.717) is 51.5 Å². The average Bonchev–Trinajstić information content (AvgIpc) is 3.16. The molecule has 0 atom stereocenters. The Hall–Kier alpha value is -7.11. The summed E-state index contributed by atoms with van der Waals surface area (Å²) < 4.78 is 48.8. The molecule has 0 aromatic heterocycles. The minimum absolute atomic E-state index is 0.171. The van der Waals surface area contributed by atoms with Gasteiger partial charge in [-0.25, -0.2) is 8.42 Å². The molecule has 11 heteroatoms. The predicted molar refractivity (Wildman–Crippen MR) is 208 cm³/mol. The van der Waals surface area contributed by atoms with Crippen LogP contribution in [-0.4, -0.2) is 8.42 Å². The number of anilines is 4. The Labute approximate surface area is 307 Å². The molecule has 7 rings (SSSR count). The molecule has 10 nitrogen and oxygen atoms in total. The highest BCUT2D eigenvalue weighted by molar-refractivity contribution is 7.91.